The number of hydrogen-bond acceptors (Lipinski definition) is 2. The molecule has 1 rings (SSSR count). The SMILES string of the molecule is CC(C)(O)C(=O)c1ccc(CP)cc1. The summed E-state index contributed by atoms with van der Waals surface area (Å²) in [6.45, 7) is 3.00. The molecule has 0 spiro atoms. The lowest BCUT2D eigenvalue weighted by molar-refractivity contribution is 0.0488. The summed E-state index contributed by atoms with van der Waals surface area (Å²) in [7, 11) is 2.62. The van der Waals surface area contributed by atoms with Crippen molar-refractivity contribution >= 4 is 15.0 Å². The van der Waals surface area contributed by atoms with Gasteiger partial charge in [0.1, 0.15) is 5.60 Å². The normalized spacial score (nSPS) is 11.4. The highest BCUT2D eigenvalue weighted by Crippen LogP contribution is 2.14. The van der Waals surface area contributed by atoms with Gasteiger partial charge >= 0.3 is 0 Å². The number of aliphatic hydroxyl groups is 1. The van der Waals surface area contributed by atoms with E-state index in [0.29, 0.717) is 5.56 Å². The third kappa shape index (κ3) is 2.63. The van der Waals surface area contributed by atoms with E-state index in [2.05, 4.69) is 9.24 Å². The number of Topliss-reactive ketones (excluding diaryl/α,β-unsaturated/α-hetero) is 1. The smallest absolute Gasteiger partial charge is 0.193 e. The fourth-order valence-electron chi connectivity index (χ4n) is 1.15. The molecule has 1 N–H and O–H groups in total. The number of benzene rings is 1. The van der Waals surface area contributed by atoms with Crippen molar-refractivity contribution in [3.05, 3.63) is 35.4 Å². The zero-order chi connectivity index (χ0) is 10.8. The van der Waals surface area contributed by atoms with E-state index in [4.69, 9.17) is 0 Å². The number of carbonyl (C=O) groups is 1. The molecule has 1 aromatic carbocycles. The standard InChI is InChI=1S/C11H15O2P/c1-11(2,13)10(12)9-5-3-8(7-14)4-6-9/h3-6,13H,7,14H2,1-2H3. The Morgan fingerprint density at radius 3 is 2.21 bits per heavy atom. The lowest BCUT2D eigenvalue weighted by Gasteiger charge is -2.15. The van der Waals surface area contributed by atoms with Crippen molar-refractivity contribution in [2.75, 3.05) is 0 Å². The Morgan fingerprint density at radius 2 is 1.86 bits per heavy atom. The van der Waals surface area contributed by atoms with Crippen LogP contribution < -0.4 is 0 Å². The molecular weight excluding hydrogens is 195 g/mol. The monoisotopic (exact) mass is 210 g/mol. The molecule has 2 nitrogen and oxygen atoms in total. The summed E-state index contributed by atoms with van der Waals surface area (Å²) < 4.78 is 0. The number of hydrogen-bond donors (Lipinski definition) is 1. The molecule has 0 fully saturated rings. The van der Waals surface area contributed by atoms with Gasteiger partial charge in [-0.2, -0.15) is 0 Å². The summed E-state index contributed by atoms with van der Waals surface area (Å²) in [5.74, 6) is -0.243. The first-order chi connectivity index (χ1) is 6.45. The predicted molar refractivity (Wildman–Crippen MR) is 60.5 cm³/mol. The molecular formula is C11H15O2P. The van der Waals surface area contributed by atoms with Crippen LogP contribution in [0.4, 0.5) is 0 Å². The Kier molecular flexibility index (Phi) is 3.41. The largest absolute Gasteiger partial charge is 0.382 e. The maximum atomic E-state index is 11.6. The van der Waals surface area contributed by atoms with Crippen LogP contribution in [0.25, 0.3) is 0 Å². The average molecular weight is 210 g/mol. The van der Waals surface area contributed by atoms with Crippen LogP contribution in [0, 0.1) is 0 Å². The van der Waals surface area contributed by atoms with E-state index in [1.54, 1.807) is 12.1 Å². The van der Waals surface area contributed by atoms with Gasteiger partial charge in [0, 0.05) is 5.56 Å². The minimum atomic E-state index is -1.29. The topological polar surface area (TPSA) is 37.3 Å². The van der Waals surface area contributed by atoms with Crippen molar-refractivity contribution in [1.29, 1.82) is 0 Å². The Hall–Kier alpha value is -0.720. The highest BCUT2D eigenvalue weighted by atomic mass is 31.0. The van der Waals surface area contributed by atoms with E-state index in [9.17, 15) is 9.90 Å². The Bertz CT molecular complexity index is 322. The van der Waals surface area contributed by atoms with Crippen LogP contribution in [0.3, 0.4) is 0 Å². The first kappa shape index (κ1) is 11.4. The van der Waals surface area contributed by atoms with Crippen molar-refractivity contribution in [1.82, 2.24) is 0 Å². The number of carbonyl (C=O) groups excluding carboxylic acids is 1. The average Bonchev–Trinajstić information content (AvgIpc) is 2.15. The third-order valence-electron chi connectivity index (χ3n) is 2.01. The van der Waals surface area contributed by atoms with E-state index in [1.165, 1.54) is 13.8 Å². The maximum Gasteiger partial charge on any atom is 0.193 e. The molecule has 0 saturated heterocycles. The fraction of sp³-hybridized carbons (Fsp3) is 0.364. The summed E-state index contributed by atoms with van der Waals surface area (Å²) in [5.41, 5.74) is 0.421. The number of ketones is 1. The minimum Gasteiger partial charge on any atom is -0.382 e. The molecule has 0 aliphatic rings. The molecule has 14 heavy (non-hydrogen) atoms. The van der Waals surface area contributed by atoms with Gasteiger partial charge in [-0.05, 0) is 25.6 Å². The van der Waals surface area contributed by atoms with Crippen molar-refractivity contribution < 1.29 is 9.90 Å². The lowest BCUT2D eigenvalue weighted by atomic mass is 9.96. The lowest BCUT2D eigenvalue weighted by Crippen LogP contribution is -2.30. The van der Waals surface area contributed by atoms with Gasteiger partial charge in [-0.25, -0.2) is 0 Å². The first-order valence-electron chi connectivity index (χ1n) is 4.51. The molecule has 0 amide bonds. The molecule has 1 unspecified atom stereocenters. The fourth-order valence-corrected chi connectivity index (χ4v) is 1.42. The molecule has 3 heteroatoms. The molecule has 0 radical (unpaired) electrons. The van der Waals surface area contributed by atoms with E-state index in [0.717, 1.165) is 11.7 Å². The van der Waals surface area contributed by atoms with Gasteiger partial charge in [-0.15, -0.1) is 9.24 Å². The molecule has 1 aromatic rings. The van der Waals surface area contributed by atoms with Crippen LogP contribution in [-0.4, -0.2) is 16.5 Å². The second kappa shape index (κ2) is 4.20. The van der Waals surface area contributed by atoms with E-state index >= 15 is 0 Å². The second-order valence-electron chi connectivity index (χ2n) is 3.79. The molecule has 0 aromatic heterocycles. The van der Waals surface area contributed by atoms with Crippen LogP contribution in [0.15, 0.2) is 24.3 Å². The van der Waals surface area contributed by atoms with Crippen LogP contribution in [-0.2, 0) is 6.16 Å². The van der Waals surface area contributed by atoms with Crippen LogP contribution in [0.5, 0.6) is 0 Å². The van der Waals surface area contributed by atoms with E-state index in [1.807, 2.05) is 12.1 Å². The summed E-state index contributed by atoms with van der Waals surface area (Å²) >= 11 is 0. The van der Waals surface area contributed by atoms with Gasteiger partial charge in [0.15, 0.2) is 5.78 Å². The number of rotatable bonds is 3. The van der Waals surface area contributed by atoms with Gasteiger partial charge in [-0.1, -0.05) is 24.3 Å². The summed E-state index contributed by atoms with van der Waals surface area (Å²) in [4.78, 5) is 11.6. The van der Waals surface area contributed by atoms with Crippen molar-refractivity contribution in [2.45, 2.75) is 25.6 Å². The van der Waals surface area contributed by atoms with Gasteiger partial charge in [0.2, 0.25) is 0 Å². The minimum absolute atomic E-state index is 0.243. The van der Waals surface area contributed by atoms with E-state index in [-0.39, 0.29) is 5.78 Å². The van der Waals surface area contributed by atoms with Gasteiger partial charge < -0.3 is 5.11 Å². The van der Waals surface area contributed by atoms with E-state index < -0.39 is 5.60 Å². The zero-order valence-electron chi connectivity index (χ0n) is 8.45. The second-order valence-corrected chi connectivity index (χ2v) is 4.20. The summed E-state index contributed by atoms with van der Waals surface area (Å²) in [5, 5.41) is 9.51. The van der Waals surface area contributed by atoms with Crippen molar-refractivity contribution in [3.63, 3.8) is 0 Å². The van der Waals surface area contributed by atoms with Gasteiger partial charge in [-0.3, -0.25) is 4.79 Å². The quantitative estimate of drug-likeness (QED) is 0.612. The Balaban J connectivity index is 2.93. The Morgan fingerprint density at radius 1 is 1.36 bits per heavy atom. The maximum absolute atomic E-state index is 11.6. The van der Waals surface area contributed by atoms with Gasteiger partial charge in [0.25, 0.3) is 0 Å². The Labute approximate surface area is 86.5 Å². The summed E-state index contributed by atoms with van der Waals surface area (Å²) in [6, 6.07) is 7.29. The molecule has 0 saturated carbocycles. The van der Waals surface area contributed by atoms with Crippen LogP contribution >= 0.6 is 9.24 Å². The summed E-state index contributed by atoms with van der Waals surface area (Å²) in [6.07, 6.45) is 0.872. The molecule has 0 aliphatic carbocycles. The van der Waals surface area contributed by atoms with Crippen molar-refractivity contribution in [3.8, 4) is 0 Å². The third-order valence-corrected chi connectivity index (χ3v) is 2.48. The molecule has 76 valence electrons. The van der Waals surface area contributed by atoms with Gasteiger partial charge in [0.05, 0.1) is 0 Å². The molecule has 0 bridgehead atoms. The van der Waals surface area contributed by atoms with Crippen LogP contribution in [0.2, 0.25) is 0 Å². The predicted octanol–water partition coefficient (Wildman–Crippen LogP) is 2.02. The first-order valence-corrected chi connectivity index (χ1v) is 5.33. The molecule has 1 atom stereocenters. The highest BCUT2D eigenvalue weighted by molar-refractivity contribution is 7.15. The van der Waals surface area contributed by atoms with Crippen molar-refractivity contribution in [2.24, 2.45) is 0 Å². The zero-order valence-corrected chi connectivity index (χ0v) is 9.60. The highest BCUT2D eigenvalue weighted by Gasteiger charge is 2.24. The molecule has 0 heterocycles. The molecule has 0 aliphatic heterocycles. The van der Waals surface area contributed by atoms with Crippen LogP contribution in [0.1, 0.15) is 29.8 Å².